The lowest BCUT2D eigenvalue weighted by molar-refractivity contribution is -0.895. The van der Waals surface area contributed by atoms with Crippen LogP contribution in [-0.2, 0) is 4.79 Å². The van der Waals surface area contributed by atoms with E-state index in [4.69, 9.17) is 12.2 Å². The summed E-state index contributed by atoms with van der Waals surface area (Å²) < 4.78 is 0. The van der Waals surface area contributed by atoms with Crippen LogP contribution in [0.1, 0.15) is 25.0 Å². The standard InChI is InChI=1S/C18H28N4OS/c1-13(2)19-18(24)22-10-8-21(9-11-22)12-16(23)20-17-14(3)6-5-7-15(17)4/h5-7,13H,8-12H2,1-4H3,(H,19,24)(H,20,23)/p+1. The minimum Gasteiger partial charge on any atom is -0.360 e. The van der Waals surface area contributed by atoms with Gasteiger partial charge in [0.05, 0.1) is 26.2 Å². The van der Waals surface area contributed by atoms with Crippen LogP contribution < -0.4 is 15.5 Å². The Kier molecular flexibility index (Phi) is 6.57. The van der Waals surface area contributed by atoms with Crippen molar-refractivity contribution in [1.82, 2.24) is 10.2 Å². The Bertz CT molecular complexity index is 574. The second kappa shape index (κ2) is 8.44. The van der Waals surface area contributed by atoms with Crippen LogP contribution in [0, 0.1) is 13.8 Å². The summed E-state index contributed by atoms with van der Waals surface area (Å²) in [5.41, 5.74) is 3.16. The van der Waals surface area contributed by atoms with E-state index in [2.05, 4.69) is 29.4 Å². The highest BCUT2D eigenvalue weighted by molar-refractivity contribution is 7.80. The number of thiocarbonyl (C=S) groups is 1. The van der Waals surface area contributed by atoms with Crippen molar-refractivity contribution < 1.29 is 9.69 Å². The second-order valence-electron chi connectivity index (χ2n) is 6.83. The first kappa shape index (κ1) is 18.7. The number of anilines is 1. The third-order valence-corrected chi connectivity index (χ3v) is 4.70. The van der Waals surface area contributed by atoms with Gasteiger partial charge in [0, 0.05) is 11.7 Å². The molecule has 1 heterocycles. The van der Waals surface area contributed by atoms with Crippen LogP contribution in [0.3, 0.4) is 0 Å². The first-order chi connectivity index (χ1) is 11.4. The van der Waals surface area contributed by atoms with E-state index in [0.717, 1.165) is 48.1 Å². The third kappa shape index (κ3) is 5.18. The number of aryl methyl sites for hydroxylation is 2. The first-order valence-corrected chi connectivity index (χ1v) is 9.02. The van der Waals surface area contributed by atoms with E-state index in [1.165, 1.54) is 4.90 Å². The summed E-state index contributed by atoms with van der Waals surface area (Å²) in [6.45, 7) is 12.4. The topological polar surface area (TPSA) is 48.8 Å². The van der Waals surface area contributed by atoms with Crippen molar-refractivity contribution in [1.29, 1.82) is 0 Å². The maximum Gasteiger partial charge on any atom is 0.279 e. The Balaban J connectivity index is 1.81. The number of quaternary nitrogens is 1. The molecule has 132 valence electrons. The molecule has 3 N–H and O–H groups in total. The molecule has 1 aliphatic rings. The van der Waals surface area contributed by atoms with E-state index in [1.807, 2.05) is 32.0 Å². The van der Waals surface area contributed by atoms with Crippen molar-refractivity contribution >= 4 is 28.9 Å². The molecule has 6 heteroatoms. The van der Waals surface area contributed by atoms with Gasteiger partial charge in [-0.05, 0) is 51.0 Å². The number of hydrogen-bond donors (Lipinski definition) is 3. The Morgan fingerprint density at radius 1 is 1.25 bits per heavy atom. The molecule has 1 fully saturated rings. The molecule has 1 aromatic rings. The highest BCUT2D eigenvalue weighted by atomic mass is 32.1. The van der Waals surface area contributed by atoms with E-state index in [0.29, 0.717) is 12.6 Å². The molecule has 0 bridgehead atoms. The van der Waals surface area contributed by atoms with Crippen molar-refractivity contribution in [3.05, 3.63) is 29.3 Å². The molecule has 1 amide bonds. The Morgan fingerprint density at radius 3 is 2.38 bits per heavy atom. The lowest BCUT2D eigenvalue weighted by Gasteiger charge is -2.34. The van der Waals surface area contributed by atoms with Gasteiger partial charge in [0.15, 0.2) is 11.7 Å². The fourth-order valence-corrected chi connectivity index (χ4v) is 3.38. The summed E-state index contributed by atoms with van der Waals surface area (Å²) in [7, 11) is 0. The monoisotopic (exact) mass is 349 g/mol. The summed E-state index contributed by atoms with van der Waals surface area (Å²) in [4.78, 5) is 15.9. The first-order valence-electron chi connectivity index (χ1n) is 8.62. The van der Waals surface area contributed by atoms with Gasteiger partial charge in [-0.25, -0.2) is 0 Å². The number of benzene rings is 1. The highest BCUT2D eigenvalue weighted by Crippen LogP contribution is 2.18. The summed E-state index contributed by atoms with van der Waals surface area (Å²) in [6, 6.07) is 6.41. The van der Waals surface area contributed by atoms with Crippen molar-refractivity contribution in [2.75, 3.05) is 38.0 Å². The zero-order valence-corrected chi connectivity index (χ0v) is 15.9. The van der Waals surface area contributed by atoms with E-state index in [-0.39, 0.29) is 5.91 Å². The van der Waals surface area contributed by atoms with Crippen molar-refractivity contribution in [2.45, 2.75) is 33.7 Å². The van der Waals surface area contributed by atoms with E-state index in [1.54, 1.807) is 0 Å². The third-order valence-electron chi connectivity index (χ3n) is 4.33. The van der Waals surface area contributed by atoms with Crippen LogP contribution in [0.15, 0.2) is 18.2 Å². The number of nitrogens with zero attached hydrogens (tertiary/aromatic N) is 1. The van der Waals surface area contributed by atoms with Crippen molar-refractivity contribution in [3.63, 3.8) is 0 Å². The maximum absolute atomic E-state index is 12.4. The molecule has 0 aromatic heterocycles. The summed E-state index contributed by atoms with van der Waals surface area (Å²) in [6.07, 6.45) is 0. The van der Waals surface area contributed by atoms with Crippen LogP contribution in [0.2, 0.25) is 0 Å². The van der Waals surface area contributed by atoms with Crippen LogP contribution >= 0.6 is 12.2 Å². The van der Waals surface area contributed by atoms with E-state index in [9.17, 15) is 4.79 Å². The van der Waals surface area contributed by atoms with Gasteiger partial charge in [-0.15, -0.1) is 0 Å². The number of rotatable bonds is 4. The lowest BCUT2D eigenvalue weighted by Crippen LogP contribution is -3.15. The second-order valence-corrected chi connectivity index (χ2v) is 7.22. The predicted molar refractivity (Wildman–Crippen MR) is 103 cm³/mol. The lowest BCUT2D eigenvalue weighted by atomic mass is 10.1. The van der Waals surface area contributed by atoms with Gasteiger partial charge in [0.2, 0.25) is 0 Å². The van der Waals surface area contributed by atoms with E-state index >= 15 is 0 Å². The smallest absolute Gasteiger partial charge is 0.279 e. The number of carbonyl (C=O) groups is 1. The SMILES string of the molecule is Cc1cccc(C)c1NC(=O)C[NH+]1CCN(C(=S)NC(C)C)CC1. The van der Waals surface area contributed by atoms with Gasteiger partial charge in [-0.3, -0.25) is 4.79 Å². The van der Waals surface area contributed by atoms with Gasteiger partial charge in [-0.1, -0.05) is 18.2 Å². The normalized spacial score (nSPS) is 15.5. The molecule has 0 radical (unpaired) electrons. The average Bonchev–Trinajstić information content (AvgIpc) is 2.51. The van der Waals surface area contributed by atoms with Crippen LogP contribution in [0.25, 0.3) is 0 Å². The minimum absolute atomic E-state index is 0.0822. The molecule has 0 saturated carbocycles. The van der Waals surface area contributed by atoms with Crippen LogP contribution in [-0.4, -0.2) is 54.7 Å². The van der Waals surface area contributed by atoms with Gasteiger partial charge >= 0.3 is 0 Å². The maximum atomic E-state index is 12.4. The molecule has 1 aliphatic heterocycles. The minimum atomic E-state index is 0.0822. The van der Waals surface area contributed by atoms with Crippen molar-refractivity contribution in [3.8, 4) is 0 Å². The number of nitrogens with one attached hydrogen (secondary N) is 3. The Labute approximate surface area is 150 Å². The molecular weight excluding hydrogens is 320 g/mol. The largest absolute Gasteiger partial charge is 0.360 e. The molecule has 5 nitrogen and oxygen atoms in total. The molecule has 2 rings (SSSR count). The summed E-state index contributed by atoms with van der Waals surface area (Å²) >= 11 is 5.42. The van der Waals surface area contributed by atoms with Gasteiger partial charge in [-0.2, -0.15) is 0 Å². The Morgan fingerprint density at radius 2 is 1.83 bits per heavy atom. The molecule has 0 unspecified atom stereocenters. The molecular formula is C18H29N4OS+. The van der Waals surface area contributed by atoms with Gasteiger partial charge in [0.25, 0.3) is 5.91 Å². The zero-order chi connectivity index (χ0) is 17.7. The molecule has 0 spiro atoms. The summed E-state index contributed by atoms with van der Waals surface area (Å²) in [5, 5.41) is 7.18. The zero-order valence-electron chi connectivity index (χ0n) is 15.1. The number of carbonyl (C=O) groups excluding carboxylic acids is 1. The quantitative estimate of drug-likeness (QED) is 0.702. The van der Waals surface area contributed by atoms with Crippen LogP contribution in [0.5, 0.6) is 0 Å². The van der Waals surface area contributed by atoms with Crippen LogP contribution in [0.4, 0.5) is 5.69 Å². The highest BCUT2D eigenvalue weighted by Gasteiger charge is 2.24. The summed E-state index contributed by atoms with van der Waals surface area (Å²) in [5.74, 6) is 0.0822. The molecule has 24 heavy (non-hydrogen) atoms. The molecule has 1 aromatic carbocycles. The number of hydrogen-bond acceptors (Lipinski definition) is 2. The predicted octanol–water partition coefficient (Wildman–Crippen LogP) is 0.725. The fourth-order valence-electron chi connectivity index (χ4n) is 2.96. The number of piperazine rings is 1. The number of amides is 1. The molecule has 0 aliphatic carbocycles. The number of para-hydroxylation sites is 1. The van der Waals surface area contributed by atoms with Gasteiger partial charge in [0.1, 0.15) is 0 Å². The molecule has 0 atom stereocenters. The van der Waals surface area contributed by atoms with Gasteiger partial charge < -0.3 is 20.4 Å². The fraction of sp³-hybridized carbons (Fsp3) is 0.556. The Hall–Kier alpha value is -1.66. The molecule has 1 saturated heterocycles. The van der Waals surface area contributed by atoms with Crippen molar-refractivity contribution in [2.24, 2.45) is 0 Å². The van der Waals surface area contributed by atoms with E-state index < -0.39 is 0 Å². The average molecular weight is 350 g/mol.